The van der Waals surface area contributed by atoms with Gasteiger partial charge in [-0.25, -0.2) is 0 Å². The minimum Gasteiger partial charge on any atom is -0.493 e. The lowest BCUT2D eigenvalue weighted by molar-refractivity contribution is 0.172. The van der Waals surface area contributed by atoms with Crippen LogP contribution in [0.25, 0.3) is 0 Å². The summed E-state index contributed by atoms with van der Waals surface area (Å²) in [6.45, 7) is 0. The maximum absolute atomic E-state index is 12.1. The summed E-state index contributed by atoms with van der Waals surface area (Å²) in [5, 5.41) is 10.1. The molecule has 0 saturated heterocycles. The molecule has 0 unspecified atom stereocenters. The zero-order chi connectivity index (χ0) is 13.8. The van der Waals surface area contributed by atoms with Gasteiger partial charge >= 0.3 is 7.60 Å². The maximum Gasteiger partial charge on any atom is 0.363 e. The van der Waals surface area contributed by atoms with Crippen molar-refractivity contribution in [2.24, 2.45) is 0 Å². The smallest absolute Gasteiger partial charge is 0.363 e. The molecule has 0 aliphatic rings. The molecule has 0 fully saturated rings. The maximum atomic E-state index is 12.1. The van der Waals surface area contributed by atoms with Gasteiger partial charge in [0.1, 0.15) is 0 Å². The third-order valence-corrected chi connectivity index (χ3v) is 4.42. The molecule has 0 amide bonds. The van der Waals surface area contributed by atoms with Crippen LogP contribution in [0.2, 0.25) is 0 Å². The van der Waals surface area contributed by atoms with Crippen molar-refractivity contribution < 1.29 is 28.2 Å². The number of ether oxygens (including phenoxy) is 2. The molecule has 102 valence electrons. The average molecular weight is 276 g/mol. The molecule has 18 heavy (non-hydrogen) atoms. The highest BCUT2D eigenvalue weighted by Gasteiger charge is 2.36. The lowest BCUT2D eigenvalue weighted by Crippen LogP contribution is -2.05. The highest BCUT2D eigenvalue weighted by Crippen LogP contribution is 2.60. The molecule has 1 atom stereocenters. The van der Waals surface area contributed by atoms with E-state index in [0.717, 1.165) is 0 Å². The summed E-state index contributed by atoms with van der Waals surface area (Å²) in [6, 6.07) is 4.88. The van der Waals surface area contributed by atoms with Crippen LogP contribution < -0.4 is 9.47 Å². The van der Waals surface area contributed by atoms with Crippen molar-refractivity contribution in [3.8, 4) is 11.5 Å². The fourth-order valence-electron chi connectivity index (χ4n) is 1.56. The van der Waals surface area contributed by atoms with Crippen LogP contribution in [0.5, 0.6) is 11.5 Å². The molecular weight excluding hydrogens is 259 g/mol. The number of hydrogen-bond acceptors (Lipinski definition) is 6. The Labute approximate surface area is 106 Å². The number of aliphatic hydroxyl groups excluding tert-OH is 1. The van der Waals surface area contributed by atoms with Crippen molar-refractivity contribution in [1.29, 1.82) is 0 Å². The number of benzene rings is 1. The largest absolute Gasteiger partial charge is 0.493 e. The van der Waals surface area contributed by atoms with Crippen LogP contribution in [-0.4, -0.2) is 33.5 Å². The van der Waals surface area contributed by atoms with Gasteiger partial charge in [-0.1, -0.05) is 12.1 Å². The number of aliphatic hydroxyl groups is 1. The first-order valence-corrected chi connectivity index (χ1v) is 6.75. The molecule has 0 saturated carbocycles. The Morgan fingerprint density at radius 1 is 1.11 bits per heavy atom. The topological polar surface area (TPSA) is 74.2 Å². The van der Waals surface area contributed by atoms with Crippen molar-refractivity contribution in [3.05, 3.63) is 23.8 Å². The predicted octanol–water partition coefficient (Wildman–Crippen LogP) is 2.18. The number of methoxy groups -OCH3 is 2. The summed E-state index contributed by atoms with van der Waals surface area (Å²) in [7, 11) is 1.67. The Morgan fingerprint density at radius 2 is 1.72 bits per heavy atom. The summed E-state index contributed by atoms with van der Waals surface area (Å²) in [6.07, 6.45) is 0. The Kier molecular flexibility index (Phi) is 5.16. The standard InChI is InChI=1S/C11H17O6P/c1-14-9-7-5-6-8(10(9)15-2)11(12)18(13,16-3)17-4/h5-7,11-12H,1-4H3/t11-/m0/s1. The fraction of sp³-hybridized carbons (Fsp3) is 0.455. The van der Waals surface area contributed by atoms with E-state index in [1.807, 2.05) is 0 Å². The summed E-state index contributed by atoms with van der Waals surface area (Å²) < 4.78 is 31.9. The molecule has 0 heterocycles. The van der Waals surface area contributed by atoms with Gasteiger partial charge < -0.3 is 23.6 Å². The molecule has 0 aliphatic heterocycles. The summed E-state index contributed by atoms with van der Waals surface area (Å²) in [4.78, 5) is 0. The van der Waals surface area contributed by atoms with Crippen LogP contribution in [0.3, 0.4) is 0 Å². The van der Waals surface area contributed by atoms with Crippen LogP contribution in [-0.2, 0) is 13.6 Å². The molecule has 1 rings (SSSR count). The lowest BCUT2D eigenvalue weighted by atomic mass is 10.2. The van der Waals surface area contributed by atoms with Crippen molar-refractivity contribution in [1.82, 2.24) is 0 Å². The molecule has 0 spiro atoms. The number of para-hydroxylation sites is 1. The van der Waals surface area contributed by atoms with Gasteiger partial charge in [-0.15, -0.1) is 0 Å². The molecule has 1 N–H and O–H groups in total. The highest BCUT2D eigenvalue weighted by atomic mass is 31.2. The molecular formula is C11H17O6P. The van der Waals surface area contributed by atoms with Crippen LogP contribution >= 0.6 is 7.60 Å². The van der Waals surface area contributed by atoms with Crippen molar-refractivity contribution in [2.45, 2.75) is 5.85 Å². The second-order valence-corrected chi connectivity index (χ2v) is 5.66. The van der Waals surface area contributed by atoms with Crippen molar-refractivity contribution in [3.63, 3.8) is 0 Å². The van der Waals surface area contributed by atoms with Gasteiger partial charge in [0.05, 0.1) is 14.2 Å². The van der Waals surface area contributed by atoms with Gasteiger partial charge in [0.15, 0.2) is 17.3 Å². The Balaban J connectivity index is 3.28. The first-order valence-electron chi connectivity index (χ1n) is 5.14. The third kappa shape index (κ3) is 2.67. The zero-order valence-corrected chi connectivity index (χ0v) is 11.6. The number of rotatable bonds is 6. The van der Waals surface area contributed by atoms with Crippen LogP contribution in [0.15, 0.2) is 18.2 Å². The van der Waals surface area contributed by atoms with Crippen molar-refractivity contribution >= 4 is 7.60 Å². The Hall–Kier alpha value is -1.07. The molecule has 7 heteroatoms. The normalized spacial score (nSPS) is 13.2. The van der Waals surface area contributed by atoms with E-state index in [1.165, 1.54) is 28.4 Å². The van der Waals surface area contributed by atoms with E-state index in [4.69, 9.17) is 18.5 Å². The van der Waals surface area contributed by atoms with E-state index < -0.39 is 13.4 Å². The second-order valence-electron chi connectivity index (χ2n) is 3.36. The monoisotopic (exact) mass is 276 g/mol. The minimum absolute atomic E-state index is 0.281. The highest BCUT2D eigenvalue weighted by molar-refractivity contribution is 7.54. The Morgan fingerprint density at radius 3 is 2.17 bits per heavy atom. The van der Waals surface area contributed by atoms with E-state index in [1.54, 1.807) is 18.2 Å². The van der Waals surface area contributed by atoms with Gasteiger partial charge in [-0.05, 0) is 6.07 Å². The van der Waals surface area contributed by atoms with Crippen molar-refractivity contribution in [2.75, 3.05) is 28.4 Å². The van der Waals surface area contributed by atoms with Gasteiger partial charge in [0.25, 0.3) is 0 Å². The fourth-order valence-corrected chi connectivity index (χ4v) is 2.65. The quantitative estimate of drug-likeness (QED) is 0.803. The van der Waals surface area contributed by atoms with Crippen LogP contribution in [0, 0.1) is 0 Å². The molecule has 6 nitrogen and oxygen atoms in total. The average Bonchev–Trinajstić information content (AvgIpc) is 2.44. The van der Waals surface area contributed by atoms with E-state index in [0.29, 0.717) is 11.5 Å². The minimum atomic E-state index is -3.64. The Bertz CT molecular complexity index is 439. The molecule has 0 bridgehead atoms. The summed E-state index contributed by atoms with van der Waals surface area (Å²) in [5.74, 6) is -0.729. The molecule has 0 radical (unpaired) electrons. The van der Waals surface area contributed by atoms with Crippen LogP contribution in [0.1, 0.15) is 11.4 Å². The van der Waals surface area contributed by atoms with E-state index in [-0.39, 0.29) is 5.56 Å². The molecule has 0 aromatic heterocycles. The van der Waals surface area contributed by atoms with Gasteiger partial charge in [-0.2, -0.15) is 0 Å². The molecule has 1 aromatic carbocycles. The van der Waals surface area contributed by atoms with E-state index >= 15 is 0 Å². The van der Waals surface area contributed by atoms with Gasteiger partial charge in [0, 0.05) is 19.8 Å². The third-order valence-electron chi connectivity index (χ3n) is 2.52. The first-order chi connectivity index (χ1) is 8.53. The SMILES string of the molecule is COc1cccc([C@@H](O)P(=O)(OC)OC)c1OC. The van der Waals surface area contributed by atoms with Gasteiger partial charge in [0.2, 0.25) is 0 Å². The van der Waals surface area contributed by atoms with E-state index in [9.17, 15) is 9.67 Å². The zero-order valence-electron chi connectivity index (χ0n) is 10.7. The van der Waals surface area contributed by atoms with Gasteiger partial charge in [-0.3, -0.25) is 4.57 Å². The second kappa shape index (κ2) is 6.20. The predicted molar refractivity (Wildman–Crippen MR) is 66.1 cm³/mol. The summed E-state index contributed by atoms with van der Waals surface area (Å²) >= 11 is 0. The van der Waals surface area contributed by atoms with Crippen LogP contribution in [0.4, 0.5) is 0 Å². The summed E-state index contributed by atoms with van der Waals surface area (Å²) in [5.41, 5.74) is 0.281. The van der Waals surface area contributed by atoms with E-state index in [2.05, 4.69) is 0 Å². The molecule has 1 aromatic rings. The molecule has 0 aliphatic carbocycles. The first kappa shape index (κ1) is 15.0. The lowest BCUT2D eigenvalue weighted by Gasteiger charge is -2.22. The number of hydrogen-bond donors (Lipinski definition) is 1.